The quantitative estimate of drug-likeness (QED) is 0.415. The lowest BCUT2D eigenvalue weighted by molar-refractivity contribution is -0.121. The molecule has 1 heterocycles. The summed E-state index contributed by atoms with van der Waals surface area (Å²) in [4.78, 5) is 12.3. The molecule has 1 amide bonds. The number of hydrogen-bond donors (Lipinski definition) is 3. The Morgan fingerprint density at radius 3 is 2.59 bits per heavy atom. The van der Waals surface area contributed by atoms with Gasteiger partial charge in [0.15, 0.2) is 10.6 Å². The largest absolute Gasteiger partial charge is 0.508 e. The fourth-order valence-corrected chi connectivity index (χ4v) is 2.99. The van der Waals surface area contributed by atoms with Crippen molar-refractivity contribution in [1.29, 1.82) is 0 Å². The SMILES string of the molecule is O=C(Cn1c(-c2ccc(Cl)cc2)n[nH]c1=S)NCCCc1ccc(O)cc1. The minimum atomic E-state index is -0.131. The van der Waals surface area contributed by atoms with Gasteiger partial charge in [0.2, 0.25) is 5.91 Å². The number of nitrogens with one attached hydrogen (secondary N) is 2. The lowest BCUT2D eigenvalue weighted by Gasteiger charge is -2.08. The second kappa shape index (κ2) is 8.83. The van der Waals surface area contributed by atoms with Gasteiger partial charge in [-0.15, -0.1) is 0 Å². The maximum Gasteiger partial charge on any atom is 0.240 e. The number of benzene rings is 2. The highest BCUT2D eigenvalue weighted by Gasteiger charge is 2.12. The first-order chi connectivity index (χ1) is 13.0. The van der Waals surface area contributed by atoms with E-state index in [4.69, 9.17) is 23.8 Å². The molecule has 3 N–H and O–H groups in total. The van der Waals surface area contributed by atoms with Crippen molar-refractivity contribution >= 4 is 29.7 Å². The number of nitrogens with zero attached hydrogens (tertiary/aromatic N) is 2. The Labute approximate surface area is 166 Å². The third-order valence-corrected chi connectivity index (χ3v) is 4.63. The molecule has 0 saturated heterocycles. The molecule has 3 aromatic rings. The molecule has 0 aliphatic carbocycles. The van der Waals surface area contributed by atoms with Crippen molar-refractivity contribution in [1.82, 2.24) is 20.1 Å². The highest BCUT2D eigenvalue weighted by Crippen LogP contribution is 2.19. The Kier molecular flexibility index (Phi) is 6.26. The van der Waals surface area contributed by atoms with Gasteiger partial charge in [-0.3, -0.25) is 14.5 Å². The molecule has 0 radical (unpaired) electrons. The van der Waals surface area contributed by atoms with E-state index in [1.165, 1.54) is 0 Å². The van der Waals surface area contributed by atoms with Crippen LogP contribution in [0.4, 0.5) is 0 Å². The Hall–Kier alpha value is -2.64. The molecule has 0 unspecified atom stereocenters. The summed E-state index contributed by atoms with van der Waals surface area (Å²) in [5.41, 5.74) is 1.94. The van der Waals surface area contributed by atoms with Crippen molar-refractivity contribution < 1.29 is 9.90 Å². The van der Waals surface area contributed by atoms with Crippen LogP contribution in [0.25, 0.3) is 11.4 Å². The van der Waals surface area contributed by atoms with E-state index < -0.39 is 0 Å². The number of halogens is 1. The molecule has 140 valence electrons. The van der Waals surface area contributed by atoms with E-state index in [0.717, 1.165) is 24.0 Å². The number of amides is 1. The number of aryl methyl sites for hydroxylation is 1. The number of rotatable bonds is 7. The molecule has 0 aliphatic rings. The highest BCUT2D eigenvalue weighted by molar-refractivity contribution is 7.71. The summed E-state index contributed by atoms with van der Waals surface area (Å²) >= 11 is 11.2. The smallest absolute Gasteiger partial charge is 0.240 e. The molecule has 3 rings (SSSR count). The molecule has 1 aromatic heterocycles. The number of aromatic nitrogens is 3. The summed E-state index contributed by atoms with van der Waals surface area (Å²) in [7, 11) is 0. The van der Waals surface area contributed by atoms with Gasteiger partial charge in [0.05, 0.1) is 0 Å². The molecule has 0 fully saturated rings. The molecule has 0 saturated carbocycles. The lowest BCUT2D eigenvalue weighted by atomic mass is 10.1. The number of aromatic hydroxyl groups is 1. The van der Waals surface area contributed by atoms with Crippen LogP contribution >= 0.6 is 23.8 Å². The van der Waals surface area contributed by atoms with Crippen LogP contribution in [0.3, 0.4) is 0 Å². The molecule has 8 heteroatoms. The Morgan fingerprint density at radius 2 is 1.89 bits per heavy atom. The summed E-state index contributed by atoms with van der Waals surface area (Å²) < 4.78 is 2.05. The molecule has 0 aliphatic heterocycles. The van der Waals surface area contributed by atoms with Crippen LogP contribution in [0.5, 0.6) is 5.75 Å². The predicted molar refractivity (Wildman–Crippen MR) is 107 cm³/mol. The molecule has 2 aromatic carbocycles. The van der Waals surface area contributed by atoms with Gasteiger partial charge in [0.1, 0.15) is 12.3 Å². The summed E-state index contributed by atoms with van der Waals surface area (Å²) in [5.74, 6) is 0.713. The number of carbonyl (C=O) groups excluding carboxylic acids is 1. The first-order valence-electron chi connectivity index (χ1n) is 8.48. The lowest BCUT2D eigenvalue weighted by Crippen LogP contribution is -2.29. The average molecular weight is 403 g/mol. The van der Waals surface area contributed by atoms with Gasteiger partial charge >= 0.3 is 0 Å². The van der Waals surface area contributed by atoms with Gasteiger partial charge in [-0.05, 0) is 67.0 Å². The van der Waals surface area contributed by atoms with Gasteiger partial charge in [-0.1, -0.05) is 23.7 Å². The zero-order valence-corrected chi connectivity index (χ0v) is 16.1. The number of aromatic amines is 1. The van der Waals surface area contributed by atoms with E-state index in [9.17, 15) is 9.90 Å². The zero-order valence-electron chi connectivity index (χ0n) is 14.5. The Morgan fingerprint density at radius 1 is 1.19 bits per heavy atom. The minimum Gasteiger partial charge on any atom is -0.508 e. The number of hydrogen-bond acceptors (Lipinski definition) is 4. The molecule has 6 nitrogen and oxygen atoms in total. The van der Waals surface area contributed by atoms with E-state index in [-0.39, 0.29) is 18.2 Å². The van der Waals surface area contributed by atoms with Crippen molar-refractivity contribution in [3.63, 3.8) is 0 Å². The topological polar surface area (TPSA) is 82.9 Å². The first kappa shape index (κ1) is 19.1. The van der Waals surface area contributed by atoms with Crippen molar-refractivity contribution in [3.05, 3.63) is 63.9 Å². The zero-order chi connectivity index (χ0) is 19.2. The van der Waals surface area contributed by atoms with E-state index >= 15 is 0 Å². The fourth-order valence-electron chi connectivity index (χ4n) is 2.67. The molecule has 27 heavy (non-hydrogen) atoms. The normalized spacial score (nSPS) is 10.7. The van der Waals surface area contributed by atoms with Gasteiger partial charge < -0.3 is 10.4 Å². The molecular weight excluding hydrogens is 384 g/mol. The van der Waals surface area contributed by atoms with Crippen molar-refractivity contribution in [3.8, 4) is 17.1 Å². The van der Waals surface area contributed by atoms with Crippen molar-refractivity contribution in [2.24, 2.45) is 0 Å². The van der Waals surface area contributed by atoms with Crippen LogP contribution in [-0.4, -0.2) is 32.3 Å². The second-order valence-electron chi connectivity index (χ2n) is 6.07. The third-order valence-electron chi connectivity index (χ3n) is 4.06. The predicted octanol–water partition coefficient (Wildman–Crippen LogP) is 3.72. The molecular formula is C19H19ClN4O2S. The average Bonchev–Trinajstić information content (AvgIpc) is 3.01. The van der Waals surface area contributed by atoms with Gasteiger partial charge in [-0.2, -0.15) is 5.10 Å². The van der Waals surface area contributed by atoms with Crippen LogP contribution in [0.15, 0.2) is 48.5 Å². The van der Waals surface area contributed by atoms with Crippen molar-refractivity contribution in [2.45, 2.75) is 19.4 Å². The van der Waals surface area contributed by atoms with Crippen LogP contribution in [0, 0.1) is 4.77 Å². The number of phenols is 1. The van der Waals surface area contributed by atoms with Gasteiger partial charge in [0.25, 0.3) is 0 Å². The van der Waals surface area contributed by atoms with Crippen LogP contribution in [0.2, 0.25) is 5.02 Å². The number of H-pyrrole nitrogens is 1. The fraction of sp³-hybridized carbons (Fsp3) is 0.211. The van der Waals surface area contributed by atoms with E-state index in [1.807, 2.05) is 24.3 Å². The molecule has 0 bridgehead atoms. The highest BCUT2D eigenvalue weighted by atomic mass is 35.5. The van der Waals surface area contributed by atoms with Crippen LogP contribution in [-0.2, 0) is 17.8 Å². The van der Waals surface area contributed by atoms with Gasteiger partial charge in [0, 0.05) is 17.1 Å². The van der Waals surface area contributed by atoms with E-state index in [1.54, 1.807) is 28.8 Å². The maximum absolute atomic E-state index is 12.3. The van der Waals surface area contributed by atoms with Crippen LogP contribution in [0.1, 0.15) is 12.0 Å². The standard InChI is InChI=1S/C19H19ClN4O2S/c20-15-7-5-14(6-8-15)18-22-23-19(27)24(18)12-17(26)21-11-1-2-13-3-9-16(25)10-4-13/h3-10,25H,1-2,11-12H2,(H,21,26)(H,23,27). The summed E-state index contributed by atoms with van der Waals surface area (Å²) in [5, 5.41) is 19.8. The molecule has 0 atom stereocenters. The maximum atomic E-state index is 12.3. The monoisotopic (exact) mass is 402 g/mol. The summed E-state index contributed by atoms with van der Waals surface area (Å²) in [6.07, 6.45) is 1.62. The summed E-state index contributed by atoms with van der Waals surface area (Å²) in [6.45, 7) is 0.646. The Balaban J connectivity index is 1.55. The van der Waals surface area contributed by atoms with E-state index in [2.05, 4.69) is 15.5 Å². The summed E-state index contributed by atoms with van der Waals surface area (Å²) in [6, 6.07) is 14.3. The minimum absolute atomic E-state index is 0.0898. The van der Waals surface area contributed by atoms with Gasteiger partial charge in [-0.25, -0.2) is 0 Å². The number of phenolic OH excluding ortho intramolecular Hbond substituents is 1. The molecule has 0 spiro atoms. The Bertz CT molecular complexity index is 965. The first-order valence-corrected chi connectivity index (χ1v) is 9.27. The second-order valence-corrected chi connectivity index (χ2v) is 6.89. The van der Waals surface area contributed by atoms with Crippen LogP contribution < -0.4 is 5.32 Å². The van der Waals surface area contributed by atoms with Crippen molar-refractivity contribution in [2.75, 3.05) is 6.54 Å². The third kappa shape index (κ3) is 5.18. The van der Waals surface area contributed by atoms with E-state index in [0.29, 0.717) is 22.2 Å². The number of carbonyl (C=O) groups is 1.